The minimum Gasteiger partial charge on any atom is -0.348 e. The van der Waals surface area contributed by atoms with E-state index < -0.39 is 0 Å². The van der Waals surface area contributed by atoms with Gasteiger partial charge in [0.15, 0.2) is 5.82 Å². The van der Waals surface area contributed by atoms with Crippen LogP contribution in [-0.4, -0.2) is 25.7 Å². The molecule has 6 nitrogen and oxygen atoms in total. The normalized spacial score (nSPS) is 19.8. The summed E-state index contributed by atoms with van der Waals surface area (Å²) in [5.41, 5.74) is 0.998. The van der Waals surface area contributed by atoms with E-state index in [0.717, 1.165) is 61.0 Å². The Labute approximate surface area is 133 Å². The van der Waals surface area contributed by atoms with Gasteiger partial charge in [0.05, 0.1) is 23.2 Å². The van der Waals surface area contributed by atoms with Crippen molar-refractivity contribution in [3.63, 3.8) is 0 Å². The number of aryl methyl sites for hydroxylation is 3. The number of aromatic nitrogens is 4. The standard InChI is InChI=1S/C15H19N5OS/c1-9-17-14-10(4-2-5-11(14)22-9)15(21)16-8-13-19-18-12-6-3-7-20(12)13/h10H,2-8H2,1H3,(H,16,21). The highest BCUT2D eigenvalue weighted by Gasteiger charge is 2.30. The van der Waals surface area contributed by atoms with Gasteiger partial charge in [-0.3, -0.25) is 4.79 Å². The summed E-state index contributed by atoms with van der Waals surface area (Å²) in [6, 6.07) is 0. The molecule has 2 aromatic rings. The fourth-order valence-corrected chi connectivity index (χ4v) is 4.47. The second kappa shape index (κ2) is 5.46. The summed E-state index contributed by atoms with van der Waals surface area (Å²) in [5.74, 6) is 1.88. The smallest absolute Gasteiger partial charge is 0.229 e. The molecule has 0 fully saturated rings. The maximum Gasteiger partial charge on any atom is 0.229 e. The van der Waals surface area contributed by atoms with Gasteiger partial charge in [-0.15, -0.1) is 21.5 Å². The number of hydrogen-bond acceptors (Lipinski definition) is 5. The highest BCUT2D eigenvalue weighted by Crippen LogP contribution is 2.34. The molecule has 3 heterocycles. The Morgan fingerprint density at radius 3 is 3.18 bits per heavy atom. The maximum atomic E-state index is 12.6. The van der Waals surface area contributed by atoms with Gasteiger partial charge >= 0.3 is 0 Å². The minimum atomic E-state index is -0.102. The van der Waals surface area contributed by atoms with Crippen LogP contribution in [0.1, 0.15) is 52.4 Å². The Morgan fingerprint density at radius 1 is 1.36 bits per heavy atom. The van der Waals surface area contributed by atoms with E-state index in [1.165, 1.54) is 4.88 Å². The number of thiazole rings is 1. The summed E-state index contributed by atoms with van der Waals surface area (Å²) >= 11 is 1.73. The Morgan fingerprint density at radius 2 is 2.27 bits per heavy atom. The molecular weight excluding hydrogens is 298 g/mol. The lowest BCUT2D eigenvalue weighted by molar-refractivity contribution is -0.123. The van der Waals surface area contributed by atoms with Crippen molar-refractivity contribution in [1.29, 1.82) is 0 Å². The number of nitrogens with one attached hydrogen (secondary N) is 1. The molecule has 22 heavy (non-hydrogen) atoms. The van der Waals surface area contributed by atoms with E-state index in [9.17, 15) is 4.79 Å². The number of nitrogens with zero attached hydrogens (tertiary/aromatic N) is 4. The first kappa shape index (κ1) is 13.9. The third-order valence-electron chi connectivity index (χ3n) is 4.48. The van der Waals surface area contributed by atoms with Crippen molar-refractivity contribution in [2.45, 2.75) is 58.0 Å². The lowest BCUT2D eigenvalue weighted by Gasteiger charge is -2.20. The molecule has 4 rings (SSSR count). The summed E-state index contributed by atoms with van der Waals surface area (Å²) in [6.07, 6.45) is 5.12. The van der Waals surface area contributed by atoms with Crippen LogP contribution in [0.5, 0.6) is 0 Å². The number of carbonyl (C=O) groups is 1. The van der Waals surface area contributed by atoms with Crippen LogP contribution in [0.25, 0.3) is 0 Å². The van der Waals surface area contributed by atoms with Gasteiger partial charge < -0.3 is 9.88 Å². The molecule has 0 spiro atoms. The predicted octanol–water partition coefficient (Wildman–Crippen LogP) is 1.73. The predicted molar refractivity (Wildman–Crippen MR) is 82.7 cm³/mol. The maximum absolute atomic E-state index is 12.6. The molecule has 2 aliphatic rings. The fraction of sp³-hybridized carbons (Fsp3) is 0.600. The second-order valence-electron chi connectivity index (χ2n) is 5.99. The quantitative estimate of drug-likeness (QED) is 0.935. The Balaban J connectivity index is 1.46. The summed E-state index contributed by atoms with van der Waals surface area (Å²) < 4.78 is 2.12. The van der Waals surface area contributed by atoms with E-state index in [1.807, 2.05) is 6.92 Å². The van der Waals surface area contributed by atoms with Crippen LogP contribution in [0, 0.1) is 6.92 Å². The zero-order chi connectivity index (χ0) is 15.1. The van der Waals surface area contributed by atoms with Crippen LogP contribution in [-0.2, 0) is 30.7 Å². The number of fused-ring (bicyclic) bond motifs is 2. The molecule has 1 atom stereocenters. The lowest BCUT2D eigenvalue weighted by atomic mass is 9.90. The Hall–Kier alpha value is -1.76. The molecule has 1 unspecified atom stereocenters. The molecule has 1 aliphatic heterocycles. The first-order chi connectivity index (χ1) is 10.7. The van der Waals surface area contributed by atoms with E-state index >= 15 is 0 Å². The van der Waals surface area contributed by atoms with Crippen molar-refractivity contribution >= 4 is 17.2 Å². The molecule has 1 aliphatic carbocycles. The number of rotatable bonds is 3. The highest BCUT2D eigenvalue weighted by molar-refractivity contribution is 7.11. The van der Waals surface area contributed by atoms with Crippen LogP contribution >= 0.6 is 11.3 Å². The van der Waals surface area contributed by atoms with E-state index in [-0.39, 0.29) is 11.8 Å². The summed E-state index contributed by atoms with van der Waals surface area (Å²) in [4.78, 5) is 18.4. The fourth-order valence-electron chi connectivity index (χ4n) is 3.43. The third kappa shape index (κ3) is 2.33. The second-order valence-corrected chi connectivity index (χ2v) is 7.28. The lowest BCUT2D eigenvalue weighted by Crippen LogP contribution is -2.31. The van der Waals surface area contributed by atoms with Crippen LogP contribution in [0.3, 0.4) is 0 Å². The molecule has 1 amide bonds. The van der Waals surface area contributed by atoms with Crippen molar-refractivity contribution in [3.8, 4) is 0 Å². The zero-order valence-electron chi connectivity index (χ0n) is 12.6. The van der Waals surface area contributed by atoms with Crippen molar-refractivity contribution in [3.05, 3.63) is 27.2 Å². The molecule has 1 N–H and O–H groups in total. The van der Waals surface area contributed by atoms with Crippen molar-refractivity contribution in [2.75, 3.05) is 0 Å². The van der Waals surface area contributed by atoms with Gasteiger partial charge in [-0.1, -0.05) is 0 Å². The van der Waals surface area contributed by atoms with Crippen LogP contribution in [0.2, 0.25) is 0 Å². The zero-order valence-corrected chi connectivity index (χ0v) is 13.4. The van der Waals surface area contributed by atoms with Gasteiger partial charge in [-0.25, -0.2) is 4.98 Å². The third-order valence-corrected chi connectivity index (χ3v) is 5.53. The largest absolute Gasteiger partial charge is 0.348 e. The van der Waals surface area contributed by atoms with Gasteiger partial charge in [-0.05, 0) is 32.6 Å². The van der Waals surface area contributed by atoms with Gasteiger partial charge in [-0.2, -0.15) is 0 Å². The van der Waals surface area contributed by atoms with Gasteiger partial charge in [0.1, 0.15) is 5.82 Å². The molecule has 116 valence electrons. The van der Waals surface area contributed by atoms with E-state index in [4.69, 9.17) is 0 Å². The summed E-state index contributed by atoms with van der Waals surface area (Å²) in [6.45, 7) is 3.44. The van der Waals surface area contributed by atoms with Gasteiger partial charge in [0.2, 0.25) is 5.91 Å². The number of amides is 1. The van der Waals surface area contributed by atoms with Gasteiger partial charge in [0.25, 0.3) is 0 Å². The molecule has 0 saturated heterocycles. The van der Waals surface area contributed by atoms with Crippen LogP contribution in [0.4, 0.5) is 0 Å². The average Bonchev–Trinajstić information content (AvgIpc) is 3.18. The van der Waals surface area contributed by atoms with E-state index in [2.05, 4.69) is 25.1 Å². The van der Waals surface area contributed by atoms with Crippen LogP contribution < -0.4 is 5.32 Å². The van der Waals surface area contributed by atoms with Crippen molar-refractivity contribution in [2.24, 2.45) is 0 Å². The molecule has 0 aromatic carbocycles. The topological polar surface area (TPSA) is 72.7 Å². The van der Waals surface area contributed by atoms with Crippen molar-refractivity contribution < 1.29 is 4.79 Å². The van der Waals surface area contributed by atoms with Crippen molar-refractivity contribution in [1.82, 2.24) is 25.1 Å². The number of hydrogen-bond donors (Lipinski definition) is 1. The average molecular weight is 317 g/mol. The molecule has 2 aromatic heterocycles. The number of carbonyl (C=O) groups excluding carboxylic acids is 1. The monoisotopic (exact) mass is 317 g/mol. The summed E-state index contributed by atoms with van der Waals surface area (Å²) in [5, 5.41) is 12.5. The van der Waals surface area contributed by atoms with Crippen LogP contribution in [0.15, 0.2) is 0 Å². The first-order valence-electron chi connectivity index (χ1n) is 7.87. The first-order valence-corrected chi connectivity index (χ1v) is 8.69. The van der Waals surface area contributed by atoms with E-state index in [1.54, 1.807) is 11.3 Å². The Kier molecular flexibility index (Phi) is 3.44. The molecule has 7 heteroatoms. The molecular formula is C15H19N5OS. The Bertz CT molecular complexity index is 720. The molecule has 0 radical (unpaired) electrons. The SMILES string of the molecule is Cc1nc2c(s1)CCCC2C(=O)NCc1nnc2n1CCC2. The molecule has 0 saturated carbocycles. The van der Waals surface area contributed by atoms with Gasteiger partial charge in [0, 0.05) is 17.8 Å². The highest BCUT2D eigenvalue weighted by atomic mass is 32.1. The minimum absolute atomic E-state index is 0.0709. The summed E-state index contributed by atoms with van der Waals surface area (Å²) in [7, 11) is 0. The van der Waals surface area contributed by atoms with E-state index in [0.29, 0.717) is 6.54 Å². The molecule has 0 bridgehead atoms.